The van der Waals surface area contributed by atoms with E-state index in [-0.39, 0.29) is 0 Å². The van der Waals surface area contributed by atoms with Gasteiger partial charge in [0.2, 0.25) is 0 Å². The van der Waals surface area contributed by atoms with Gasteiger partial charge in [0.1, 0.15) is 11.6 Å². The zero-order chi connectivity index (χ0) is 19.3. The average molecular weight is 395 g/mol. The van der Waals surface area contributed by atoms with Crippen molar-refractivity contribution < 1.29 is 0 Å². The molecule has 146 valence electrons. The Labute approximate surface area is 170 Å². The highest BCUT2D eigenvalue weighted by Gasteiger charge is 2.21. The van der Waals surface area contributed by atoms with Crippen LogP contribution in [0, 0.1) is 19.8 Å². The number of piperidine rings is 1. The van der Waals surface area contributed by atoms with Crippen molar-refractivity contribution in [3.8, 4) is 0 Å². The molecule has 3 aromatic rings. The van der Waals surface area contributed by atoms with Crippen LogP contribution in [0.5, 0.6) is 0 Å². The normalized spacial score (nSPS) is 17.6. The minimum absolute atomic E-state index is 0.620. The highest BCUT2D eigenvalue weighted by Crippen LogP contribution is 2.24. The number of likely N-dealkylation sites (tertiary alicyclic amines) is 1. The predicted molar refractivity (Wildman–Crippen MR) is 113 cm³/mol. The van der Waals surface area contributed by atoms with Gasteiger partial charge in [0.25, 0.3) is 0 Å². The van der Waals surface area contributed by atoms with E-state index >= 15 is 0 Å². The second kappa shape index (κ2) is 8.75. The van der Waals surface area contributed by atoms with E-state index in [1.54, 1.807) is 11.3 Å². The first-order valence-corrected chi connectivity index (χ1v) is 10.6. The molecule has 0 bridgehead atoms. The second-order valence-corrected chi connectivity index (χ2v) is 8.74. The van der Waals surface area contributed by atoms with Crippen molar-refractivity contribution in [2.24, 2.45) is 5.92 Å². The van der Waals surface area contributed by atoms with Gasteiger partial charge in [-0.3, -0.25) is 9.88 Å². The molecular formula is C21H26N6S. The maximum Gasteiger partial charge on any atom is 0.188 e. The summed E-state index contributed by atoms with van der Waals surface area (Å²) in [5, 5.41) is 4.20. The monoisotopic (exact) mass is 394 g/mol. The largest absolute Gasteiger partial charge is 0.316 e. The zero-order valence-corrected chi connectivity index (χ0v) is 17.2. The number of rotatable bonds is 6. The molecule has 7 heteroatoms. The lowest BCUT2D eigenvalue weighted by Crippen LogP contribution is -2.35. The molecule has 1 N–H and O–H groups in total. The van der Waals surface area contributed by atoms with Gasteiger partial charge >= 0.3 is 0 Å². The molecule has 0 aromatic carbocycles. The van der Waals surface area contributed by atoms with Gasteiger partial charge in [0, 0.05) is 48.3 Å². The molecule has 0 aliphatic carbocycles. The molecule has 0 unspecified atom stereocenters. The Kier molecular flexibility index (Phi) is 5.92. The number of nitrogens with zero attached hydrogens (tertiary/aromatic N) is 5. The van der Waals surface area contributed by atoms with Crippen molar-refractivity contribution in [2.45, 2.75) is 39.7 Å². The van der Waals surface area contributed by atoms with Crippen molar-refractivity contribution >= 4 is 22.3 Å². The summed E-state index contributed by atoms with van der Waals surface area (Å²) in [6.07, 6.45) is 9.15. The Morgan fingerprint density at radius 1 is 1.25 bits per heavy atom. The first-order valence-electron chi connectivity index (χ1n) is 9.79. The van der Waals surface area contributed by atoms with E-state index < -0.39 is 0 Å². The molecule has 6 nitrogen and oxygen atoms in total. The van der Waals surface area contributed by atoms with E-state index in [1.165, 1.54) is 23.3 Å². The topological polar surface area (TPSA) is 66.8 Å². The lowest BCUT2D eigenvalue weighted by atomic mass is 9.93. The SMILES string of the molecule is Cc1nc(C[C@@H]2CCCN(Cc3cccnc3)C2)cc(Nc2ncc(C)s2)n1. The van der Waals surface area contributed by atoms with Gasteiger partial charge < -0.3 is 5.32 Å². The molecule has 0 radical (unpaired) electrons. The van der Waals surface area contributed by atoms with Gasteiger partial charge in [-0.25, -0.2) is 15.0 Å². The minimum atomic E-state index is 0.620. The lowest BCUT2D eigenvalue weighted by Gasteiger charge is -2.32. The van der Waals surface area contributed by atoms with E-state index in [0.717, 1.165) is 48.5 Å². The Hall–Kier alpha value is -2.38. The molecule has 1 saturated heterocycles. The van der Waals surface area contributed by atoms with Crippen LogP contribution in [0.4, 0.5) is 10.9 Å². The number of hydrogen-bond acceptors (Lipinski definition) is 7. The van der Waals surface area contributed by atoms with Crippen LogP contribution in [0.3, 0.4) is 0 Å². The summed E-state index contributed by atoms with van der Waals surface area (Å²) in [7, 11) is 0. The van der Waals surface area contributed by atoms with Crippen LogP contribution >= 0.6 is 11.3 Å². The summed E-state index contributed by atoms with van der Waals surface area (Å²) in [5.74, 6) is 2.26. The third-order valence-corrected chi connectivity index (χ3v) is 5.81. The Bertz CT molecular complexity index is 910. The van der Waals surface area contributed by atoms with Gasteiger partial charge in [-0.1, -0.05) is 6.07 Å². The molecular weight excluding hydrogens is 368 g/mol. The van der Waals surface area contributed by atoms with E-state index in [1.807, 2.05) is 31.6 Å². The van der Waals surface area contributed by atoms with Crippen molar-refractivity contribution in [1.82, 2.24) is 24.8 Å². The highest BCUT2D eigenvalue weighted by atomic mass is 32.1. The Morgan fingerprint density at radius 2 is 2.18 bits per heavy atom. The standard InChI is InChI=1S/C21H26N6S/c1-15-11-23-21(28-15)26-20-10-19(24-16(2)25-20)9-17-6-4-8-27(13-17)14-18-5-3-7-22-12-18/h3,5,7,10-12,17H,4,6,8-9,13-14H2,1-2H3,(H,23,24,25,26)/t17-/m0/s1. The third-order valence-electron chi connectivity index (χ3n) is 4.98. The Balaban J connectivity index is 1.40. The molecule has 0 saturated carbocycles. The molecule has 1 atom stereocenters. The maximum atomic E-state index is 4.69. The fourth-order valence-electron chi connectivity index (χ4n) is 3.83. The van der Waals surface area contributed by atoms with Crippen molar-refractivity contribution in [3.05, 3.63) is 58.7 Å². The smallest absolute Gasteiger partial charge is 0.188 e. The molecule has 1 fully saturated rings. The van der Waals surface area contributed by atoms with Crippen molar-refractivity contribution in [3.63, 3.8) is 0 Å². The van der Waals surface area contributed by atoms with Gasteiger partial charge in [-0.15, -0.1) is 11.3 Å². The van der Waals surface area contributed by atoms with Crippen LogP contribution in [0.15, 0.2) is 36.8 Å². The molecule has 4 heterocycles. The highest BCUT2D eigenvalue weighted by molar-refractivity contribution is 7.15. The summed E-state index contributed by atoms with van der Waals surface area (Å²) >= 11 is 1.64. The van der Waals surface area contributed by atoms with Crippen molar-refractivity contribution in [2.75, 3.05) is 18.4 Å². The van der Waals surface area contributed by atoms with E-state index in [4.69, 9.17) is 0 Å². The van der Waals surface area contributed by atoms with E-state index in [9.17, 15) is 0 Å². The molecule has 1 aliphatic heterocycles. The number of thiazole rings is 1. The lowest BCUT2D eigenvalue weighted by molar-refractivity contribution is 0.166. The number of aromatic nitrogens is 4. The minimum Gasteiger partial charge on any atom is -0.316 e. The van der Waals surface area contributed by atoms with Crippen LogP contribution in [-0.4, -0.2) is 37.9 Å². The number of aryl methyl sites for hydroxylation is 2. The first-order chi connectivity index (χ1) is 13.6. The summed E-state index contributed by atoms with van der Waals surface area (Å²) in [5.41, 5.74) is 2.39. The first kappa shape index (κ1) is 19.0. The molecule has 0 amide bonds. The second-order valence-electron chi connectivity index (χ2n) is 7.50. The van der Waals surface area contributed by atoms with E-state index in [0.29, 0.717) is 5.92 Å². The Morgan fingerprint density at radius 3 is 2.96 bits per heavy atom. The number of nitrogens with one attached hydrogen (secondary N) is 1. The quantitative estimate of drug-likeness (QED) is 0.678. The number of pyridine rings is 1. The summed E-state index contributed by atoms with van der Waals surface area (Å²) in [6.45, 7) is 7.25. The zero-order valence-electron chi connectivity index (χ0n) is 16.4. The summed E-state index contributed by atoms with van der Waals surface area (Å²) in [6, 6.07) is 6.24. The number of anilines is 2. The van der Waals surface area contributed by atoms with Crippen LogP contribution in [-0.2, 0) is 13.0 Å². The fourth-order valence-corrected chi connectivity index (χ4v) is 4.50. The predicted octanol–water partition coefficient (Wildman–Crippen LogP) is 4.14. The van der Waals surface area contributed by atoms with Gasteiger partial charge in [-0.05, 0) is 57.2 Å². The fraction of sp³-hybridized carbons (Fsp3) is 0.429. The number of hydrogen-bond donors (Lipinski definition) is 1. The maximum absolute atomic E-state index is 4.69. The van der Waals surface area contributed by atoms with Crippen LogP contribution in [0.25, 0.3) is 0 Å². The van der Waals surface area contributed by atoms with Crippen LogP contribution in [0.1, 0.15) is 34.8 Å². The average Bonchev–Trinajstić information content (AvgIpc) is 3.07. The molecule has 28 heavy (non-hydrogen) atoms. The summed E-state index contributed by atoms with van der Waals surface area (Å²) < 4.78 is 0. The third kappa shape index (κ3) is 5.11. The molecule has 3 aromatic heterocycles. The van der Waals surface area contributed by atoms with Gasteiger partial charge in [0.15, 0.2) is 5.13 Å². The van der Waals surface area contributed by atoms with Crippen LogP contribution < -0.4 is 5.32 Å². The van der Waals surface area contributed by atoms with Crippen molar-refractivity contribution in [1.29, 1.82) is 0 Å². The molecule has 0 spiro atoms. The molecule has 4 rings (SSSR count). The van der Waals surface area contributed by atoms with Gasteiger partial charge in [0.05, 0.1) is 0 Å². The van der Waals surface area contributed by atoms with Gasteiger partial charge in [-0.2, -0.15) is 0 Å². The molecule has 1 aliphatic rings. The summed E-state index contributed by atoms with van der Waals surface area (Å²) in [4.78, 5) is 21.5. The van der Waals surface area contributed by atoms with Crippen LogP contribution in [0.2, 0.25) is 0 Å². The van der Waals surface area contributed by atoms with E-state index in [2.05, 4.69) is 49.2 Å².